The van der Waals surface area contributed by atoms with Crippen molar-refractivity contribution in [3.05, 3.63) is 206 Å². The number of nitrogens with zero attached hydrogens (tertiary/aromatic N) is 4. The molecule has 0 spiro atoms. The average Bonchev–Trinajstić information content (AvgIpc) is 3.84. The summed E-state index contributed by atoms with van der Waals surface area (Å²) in [5.74, 6) is 1.52. The van der Waals surface area contributed by atoms with Gasteiger partial charge in [0.15, 0.2) is 5.82 Å². The molecule has 4 heterocycles. The van der Waals surface area contributed by atoms with E-state index in [1.54, 1.807) is 0 Å². The van der Waals surface area contributed by atoms with Crippen molar-refractivity contribution in [2.45, 2.75) is 9.79 Å². The second-order valence-corrected chi connectivity index (χ2v) is 16.8. The Hall–Kier alpha value is -7.73. The predicted octanol–water partition coefficient (Wildman–Crippen LogP) is 15.0. The maximum atomic E-state index is 5.40. The van der Waals surface area contributed by atoms with Crippen molar-refractivity contribution >= 4 is 66.1 Å². The molecule has 0 bridgehead atoms. The normalized spacial score (nSPS) is 12.2. The van der Waals surface area contributed by atoms with Crippen molar-refractivity contribution in [1.29, 1.82) is 0 Å². The van der Waals surface area contributed by atoms with Crippen LogP contribution in [0.15, 0.2) is 216 Å². The SMILES string of the molecule is c1ccc(-c2cc(-n3c4ccc(-c5ccc6c(c5)c5ccccc5n6-c5ccccc5)cc4c4c5cccc6c5c(cc43)-c3ccccc3S6)nc(-c3ccccc3)n2)cc1. The Labute approximate surface area is 356 Å². The molecule has 0 amide bonds. The Morgan fingerprint density at radius 2 is 0.967 bits per heavy atom. The molecule has 9 aromatic carbocycles. The van der Waals surface area contributed by atoms with Crippen LogP contribution in [0.3, 0.4) is 0 Å². The van der Waals surface area contributed by atoms with E-state index in [1.165, 1.54) is 75.4 Å². The third kappa shape index (κ3) is 5.27. The van der Waals surface area contributed by atoms with Crippen molar-refractivity contribution in [3.63, 3.8) is 0 Å². The maximum absolute atomic E-state index is 5.40. The van der Waals surface area contributed by atoms with E-state index in [2.05, 4.69) is 203 Å². The molecule has 0 atom stereocenters. The Morgan fingerprint density at radius 3 is 1.77 bits per heavy atom. The summed E-state index contributed by atoms with van der Waals surface area (Å²) in [5, 5.41) is 7.44. The van der Waals surface area contributed by atoms with Gasteiger partial charge in [0, 0.05) is 59.6 Å². The van der Waals surface area contributed by atoms with Gasteiger partial charge in [-0.05, 0) is 88.3 Å². The molecule has 13 rings (SSSR count). The Bertz CT molecular complexity index is 3660. The zero-order valence-corrected chi connectivity index (χ0v) is 33.6. The number of fused-ring (bicyclic) bond motifs is 9. The van der Waals surface area contributed by atoms with Crippen LogP contribution < -0.4 is 0 Å². The van der Waals surface area contributed by atoms with E-state index in [4.69, 9.17) is 9.97 Å². The second-order valence-electron chi connectivity index (χ2n) is 15.7. The van der Waals surface area contributed by atoms with Crippen LogP contribution in [-0.4, -0.2) is 19.1 Å². The highest BCUT2D eigenvalue weighted by molar-refractivity contribution is 7.99. The van der Waals surface area contributed by atoms with E-state index in [0.717, 1.165) is 39.4 Å². The molecule has 0 N–H and O–H groups in total. The molecule has 61 heavy (non-hydrogen) atoms. The van der Waals surface area contributed by atoms with E-state index in [-0.39, 0.29) is 0 Å². The molecule has 0 radical (unpaired) electrons. The lowest BCUT2D eigenvalue weighted by Gasteiger charge is -2.21. The first-order chi connectivity index (χ1) is 30.2. The number of benzene rings is 9. The molecule has 3 aromatic heterocycles. The van der Waals surface area contributed by atoms with Crippen molar-refractivity contribution in [1.82, 2.24) is 19.1 Å². The smallest absolute Gasteiger partial charge is 0.162 e. The van der Waals surface area contributed by atoms with Gasteiger partial charge in [-0.15, -0.1) is 0 Å². The predicted molar refractivity (Wildman–Crippen MR) is 254 cm³/mol. The van der Waals surface area contributed by atoms with Gasteiger partial charge >= 0.3 is 0 Å². The number of rotatable bonds is 5. The fraction of sp³-hybridized carbons (Fsp3) is 0. The first kappa shape index (κ1) is 34.2. The van der Waals surface area contributed by atoms with E-state index >= 15 is 0 Å². The minimum Gasteiger partial charge on any atom is -0.309 e. The Kier molecular flexibility index (Phi) is 7.50. The number of hydrogen-bond donors (Lipinski definition) is 0. The summed E-state index contributed by atoms with van der Waals surface area (Å²) in [7, 11) is 0. The highest BCUT2D eigenvalue weighted by Gasteiger charge is 2.25. The molecule has 0 fully saturated rings. The molecule has 284 valence electrons. The van der Waals surface area contributed by atoms with Crippen LogP contribution in [0, 0.1) is 0 Å². The molecule has 12 aromatic rings. The standard InChI is InChI=1S/C56H34N4S/c1-4-15-35(16-5-1)46-34-53(58-56(57-46)36-17-6-2-7-18-36)60-49-30-28-38(37-27-29-48-43(31-37)40-21-10-12-24-47(40)59(48)39-19-8-3-9-20-39)32-45(49)54-42-23-14-26-52-55(42)44(33-50(54)60)41-22-11-13-25-51(41)61-52/h1-34H. The van der Waals surface area contributed by atoms with Crippen LogP contribution in [0.2, 0.25) is 0 Å². The van der Waals surface area contributed by atoms with Crippen molar-refractivity contribution < 1.29 is 0 Å². The highest BCUT2D eigenvalue weighted by Crippen LogP contribution is 2.51. The van der Waals surface area contributed by atoms with Gasteiger partial charge in [-0.1, -0.05) is 151 Å². The van der Waals surface area contributed by atoms with Gasteiger partial charge in [0.2, 0.25) is 0 Å². The summed E-state index contributed by atoms with van der Waals surface area (Å²) >= 11 is 1.86. The molecule has 0 aliphatic carbocycles. The summed E-state index contributed by atoms with van der Waals surface area (Å²) in [4.78, 5) is 13.1. The summed E-state index contributed by atoms with van der Waals surface area (Å²) in [6.07, 6.45) is 0. The lowest BCUT2D eigenvalue weighted by Crippen LogP contribution is -2.03. The topological polar surface area (TPSA) is 35.6 Å². The maximum Gasteiger partial charge on any atom is 0.162 e. The lowest BCUT2D eigenvalue weighted by molar-refractivity contribution is 1.05. The van der Waals surface area contributed by atoms with E-state index in [0.29, 0.717) is 5.82 Å². The molecule has 0 saturated carbocycles. The van der Waals surface area contributed by atoms with Gasteiger partial charge in [-0.3, -0.25) is 4.57 Å². The zero-order chi connectivity index (χ0) is 40.0. The monoisotopic (exact) mass is 794 g/mol. The molecule has 5 heteroatoms. The average molecular weight is 795 g/mol. The summed E-state index contributed by atoms with van der Waals surface area (Å²) < 4.78 is 4.75. The van der Waals surface area contributed by atoms with Gasteiger partial charge in [0.25, 0.3) is 0 Å². The van der Waals surface area contributed by atoms with E-state index in [1.807, 2.05) is 23.9 Å². The highest BCUT2D eigenvalue weighted by atomic mass is 32.2. The van der Waals surface area contributed by atoms with E-state index < -0.39 is 0 Å². The Balaban J connectivity index is 1.11. The lowest BCUT2D eigenvalue weighted by atomic mass is 9.93. The summed E-state index contributed by atoms with van der Waals surface area (Å²) in [6.45, 7) is 0. The Morgan fingerprint density at radius 1 is 0.344 bits per heavy atom. The number of para-hydroxylation sites is 2. The molecule has 0 unspecified atom stereocenters. The van der Waals surface area contributed by atoms with E-state index in [9.17, 15) is 0 Å². The number of aromatic nitrogens is 4. The van der Waals surface area contributed by atoms with Crippen molar-refractivity contribution in [2.24, 2.45) is 0 Å². The van der Waals surface area contributed by atoms with Crippen LogP contribution >= 0.6 is 11.8 Å². The van der Waals surface area contributed by atoms with Gasteiger partial charge in [-0.2, -0.15) is 0 Å². The van der Waals surface area contributed by atoms with Crippen LogP contribution in [0.4, 0.5) is 0 Å². The minimum atomic E-state index is 0.692. The fourth-order valence-corrected chi connectivity index (χ4v) is 10.7. The van der Waals surface area contributed by atoms with Crippen molar-refractivity contribution in [2.75, 3.05) is 0 Å². The van der Waals surface area contributed by atoms with Crippen LogP contribution in [0.25, 0.3) is 111 Å². The first-order valence-corrected chi connectivity index (χ1v) is 21.5. The van der Waals surface area contributed by atoms with Crippen LogP contribution in [0.1, 0.15) is 0 Å². The fourth-order valence-electron chi connectivity index (χ4n) is 9.61. The second kappa shape index (κ2) is 13.4. The third-order valence-electron chi connectivity index (χ3n) is 12.3. The van der Waals surface area contributed by atoms with Gasteiger partial charge in [-0.25, -0.2) is 9.97 Å². The molecular weight excluding hydrogens is 761 g/mol. The molecule has 4 nitrogen and oxygen atoms in total. The molecular formula is C56H34N4S. The summed E-state index contributed by atoms with van der Waals surface area (Å²) in [6, 6.07) is 74.3. The van der Waals surface area contributed by atoms with Gasteiger partial charge in [0.1, 0.15) is 5.82 Å². The quantitative estimate of drug-likeness (QED) is 0.174. The van der Waals surface area contributed by atoms with Crippen LogP contribution in [0.5, 0.6) is 0 Å². The zero-order valence-electron chi connectivity index (χ0n) is 32.8. The van der Waals surface area contributed by atoms with Gasteiger partial charge in [0.05, 0.1) is 27.8 Å². The third-order valence-corrected chi connectivity index (χ3v) is 13.4. The largest absolute Gasteiger partial charge is 0.309 e. The first-order valence-electron chi connectivity index (χ1n) is 20.7. The van der Waals surface area contributed by atoms with Crippen molar-refractivity contribution in [3.8, 4) is 56.4 Å². The van der Waals surface area contributed by atoms with Crippen LogP contribution in [-0.2, 0) is 0 Å². The molecule has 1 aliphatic rings. The number of hydrogen-bond acceptors (Lipinski definition) is 3. The molecule has 0 saturated heterocycles. The van der Waals surface area contributed by atoms with Gasteiger partial charge < -0.3 is 4.57 Å². The summed E-state index contributed by atoms with van der Waals surface area (Å²) in [5.41, 5.74) is 13.5. The minimum absolute atomic E-state index is 0.692. The molecule has 1 aliphatic heterocycles.